The molecule has 0 saturated carbocycles. The standard InChI is InChI=1S/C17H21N5OS/c1-10-11-6-8-24-13(11)5-7-21(10)16-19-14-12(15(23)20-16)9-18-22(14)17(2,3)4/h6,8-10H,5,7H2,1-4H3,(H,19,20,23)/t10-/m1/s1. The number of H-pyrrole nitrogens is 1. The summed E-state index contributed by atoms with van der Waals surface area (Å²) in [4.78, 5) is 23.8. The highest BCUT2D eigenvalue weighted by atomic mass is 32.1. The minimum atomic E-state index is -0.228. The molecule has 0 amide bonds. The first kappa shape index (κ1) is 15.4. The fraction of sp³-hybridized carbons (Fsp3) is 0.471. The van der Waals surface area contributed by atoms with E-state index in [-0.39, 0.29) is 17.1 Å². The lowest BCUT2D eigenvalue weighted by molar-refractivity contribution is 0.366. The maximum Gasteiger partial charge on any atom is 0.263 e. The lowest BCUT2D eigenvalue weighted by Gasteiger charge is -2.34. The molecule has 0 aromatic carbocycles. The number of rotatable bonds is 1. The molecule has 7 heteroatoms. The van der Waals surface area contributed by atoms with Gasteiger partial charge < -0.3 is 4.90 Å². The summed E-state index contributed by atoms with van der Waals surface area (Å²) in [5.41, 5.74) is 1.62. The average Bonchev–Trinajstić information content (AvgIpc) is 3.13. The van der Waals surface area contributed by atoms with Gasteiger partial charge in [-0.2, -0.15) is 10.1 Å². The van der Waals surface area contributed by atoms with E-state index in [2.05, 4.69) is 54.1 Å². The summed E-state index contributed by atoms with van der Waals surface area (Å²) in [6, 6.07) is 2.37. The lowest BCUT2D eigenvalue weighted by Crippen LogP contribution is -2.35. The third-order valence-corrected chi connectivity index (χ3v) is 5.61. The van der Waals surface area contributed by atoms with Crippen LogP contribution in [-0.2, 0) is 12.0 Å². The van der Waals surface area contributed by atoms with Crippen molar-refractivity contribution in [2.24, 2.45) is 0 Å². The minimum Gasteiger partial charge on any atom is -0.335 e. The van der Waals surface area contributed by atoms with Gasteiger partial charge in [0.15, 0.2) is 5.65 Å². The molecule has 0 bridgehead atoms. The summed E-state index contributed by atoms with van der Waals surface area (Å²) >= 11 is 1.81. The average molecular weight is 343 g/mol. The molecule has 0 radical (unpaired) electrons. The Morgan fingerprint density at radius 1 is 1.38 bits per heavy atom. The second kappa shape index (κ2) is 5.17. The van der Waals surface area contributed by atoms with Crippen LogP contribution in [0.15, 0.2) is 22.4 Å². The number of thiophene rings is 1. The molecule has 0 spiro atoms. The second-order valence-corrected chi connectivity index (χ2v) is 8.27. The number of anilines is 1. The maximum absolute atomic E-state index is 12.5. The largest absolute Gasteiger partial charge is 0.335 e. The van der Waals surface area contributed by atoms with Crippen LogP contribution in [0.4, 0.5) is 5.95 Å². The van der Waals surface area contributed by atoms with Crippen molar-refractivity contribution in [1.82, 2.24) is 19.7 Å². The highest BCUT2D eigenvalue weighted by Gasteiger charge is 2.28. The molecule has 0 saturated heterocycles. The van der Waals surface area contributed by atoms with E-state index < -0.39 is 0 Å². The molecule has 1 aliphatic heterocycles. The van der Waals surface area contributed by atoms with Crippen LogP contribution < -0.4 is 10.5 Å². The zero-order chi connectivity index (χ0) is 17.1. The van der Waals surface area contributed by atoms with Gasteiger partial charge in [0, 0.05) is 11.4 Å². The highest BCUT2D eigenvalue weighted by molar-refractivity contribution is 7.10. The monoisotopic (exact) mass is 343 g/mol. The molecule has 0 aliphatic carbocycles. The van der Waals surface area contributed by atoms with E-state index in [9.17, 15) is 4.79 Å². The van der Waals surface area contributed by atoms with Crippen molar-refractivity contribution in [1.29, 1.82) is 0 Å². The summed E-state index contributed by atoms with van der Waals surface area (Å²) in [7, 11) is 0. The first-order valence-electron chi connectivity index (χ1n) is 8.17. The van der Waals surface area contributed by atoms with Crippen LogP contribution in [0, 0.1) is 0 Å². The van der Waals surface area contributed by atoms with Crippen LogP contribution >= 0.6 is 11.3 Å². The molecule has 1 N–H and O–H groups in total. The van der Waals surface area contributed by atoms with E-state index in [1.807, 2.05) is 4.68 Å². The quantitative estimate of drug-likeness (QED) is 0.737. The molecule has 1 atom stereocenters. The Labute approximate surface area is 144 Å². The summed E-state index contributed by atoms with van der Waals surface area (Å²) < 4.78 is 1.83. The topological polar surface area (TPSA) is 66.8 Å². The van der Waals surface area contributed by atoms with Gasteiger partial charge in [-0.05, 0) is 51.1 Å². The number of nitrogens with zero attached hydrogens (tertiary/aromatic N) is 4. The zero-order valence-electron chi connectivity index (χ0n) is 14.3. The number of hydrogen-bond acceptors (Lipinski definition) is 5. The fourth-order valence-corrected chi connectivity index (χ4v) is 4.30. The first-order chi connectivity index (χ1) is 11.4. The molecule has 3 aromatic rings. The fourth-order valence-electron chi connectivity index (χ4n) is 3.33. The summed E-state index contributed by atoms with van der Waals surface area (Å²) in [6.45, 7) is 9.19. The SMILES string of the molecule is C[C@@H]1c2ccsc2CCN1c1nc2c(cnn2C(C)(C)C)c(=O)[nH]1. The summed E-state index contributed by atoms with van der Waals surface area (Å²) in [6.07, 6.45) is 2.59. The summed E-state index contributed by atoms with van der Waals surface area (Å²) in [5, 5.41) is 7.05. The molecule has 126 valence electrons. The van der Waals surface area contributed by atoms with Crippen LogP contribution in [0.1, 0.15) is 44.2 Å². The molecule has 4 heterocycles. The van der Waals surface area contributed by atoms with Gasteiger partial charge in [0.05, 0.1) is 17.8 Å². The Bertz CT molecular complexity index is 961. The van der Waals surface area contributed by atoms with Crippen molar-refractivity contribution in [3.05, 3.63) is 38.4 Å². The molecule has 0 unspecified atom stereocenters. The Balaban J connectivity index is 1.85. The Kier molecular flexibility index (Phi) is 3.32. The van der Waals surface area contributed by atoms with Gasteiger partial charge in [-0.1, -0.05) is 0 Å². The van der Waals surface area contributed by atoms with Crippen molar-refractivity contribution < 1.29 is 0 Å². The molecule has 0 fully saturated rings. The third-order valence-electron chi connectivity index (χ3n) is 4.61. The molecule has 24 heavy (non-hydrogen) atoms. The number of nitrogens with one attached hydrogen (secondary N) is 1. The van der Waals surface area contributed by atoms with E-state index >= 15 is 0 Å². The number of aromatic nitrogens is 4. The van der Waals surface area contributed by atoms with E-state index in [4.69, 9.17) is 4.98 Å². The van der Waals surface area contributed by atoms with Gasteiger partial charge >= 0.3 is 0 Å². The van der Waals surface area contributed by atoms with Crippen LogP contribution in [0.5, 0.6) is 0 Å². The van der Waals surface area contributed by atoms with Gasteiger partial charge in [0.25, 0.3) is 5.56 Å². The first-order valence-corrected chi connectivity index (χ1v) is 9.05. The minimum absolute atomic E-state index is 0.131. The van der Waals surface area contributed by atoms with Gasteiger partial charge in [0.2, 0.25) is 5.95 Å². The predicted octanol–water partition coefficient (Wildman–Crippen LogP) is 3.06. The van der Waals surface area contributed by atoms with Gasteiger partial charge in [-0.25, -0.2) is 4.68 Å². The third kappa shape index (κ3) is 2.26. The molecule has 3 aromatic heterocycles. The zero-order valence-corrected chi connectivity index (χ0v) is 15.1. The Morgan fingerprint density at radius 3 is 2.92 bits per heavy atom. The molecule has 4 rings (SSSR count). The van der Waals surface area contributed by atoms with Crippen molar-refractivity contribution in [3.8, 4) is 0 Å². The van der Waals surface area contributed by atoms with Crippen LogP contribution in [0.25, 0.3) is 11.0 Å². The van der Waals surface area contributed by atoms with E-state index in [0.717, 1.165) is 13.0 Å². The van der Waals surface area contributed by atoms with Crippen LogP contribution in [-0.4, -0.2) is 26.3 Å². The van der Waals surface area contributed by atoms with Crippen molar-refractivity contribution in [2.75, 3.05) is 11.4 Å². The highest BCUT2D eigenvalue weighted by Crippen LogP contribution is 2.34. The smallest absolute Gasteiger partial charge is 0.263 e. The number of aromatic amines is 1. The lowest BCUT2D eigenvalue weighted by atomic mass is 10.0. The van der Waals surface area contributed by atoms with E-state index in [1.165, 1.54) is 10.4 Å². The maximum atomic E-state index is 12.5. The van der Waals surface area contributed by atoms with Crippen molar-refractivity contribution in [2.45, 2.75) is 45.7 Å². The van der Waals surface area contributed by atoms with Gasteiger partial charge in [-0.3, -0.25) is 9.78 Å². The molecule has 6 nitrogen and oxygen atoms in total. The molecular formula is C17H21N5OS. The molecule has 1 aliphatic rings. The van der Waals surface area contributed by atoms with Gasteiger partial charge in [0.1, 0.15) is 5.39 Å². The number of fused-ring (bicyclic) bond motifs is 2. The van der Waals surface area contributed by atoms with Crippen molar-refractivity contribution in [3.63, 3.8) is 0 Å². The predicted molar refractivity (Wildman–Crippen MR) is 96.9 cm³/mol. The van der Waals surface area contributed by atoms with Crippen LogP contribution in [0.2, 0.25) is 0 Å². The van der Waals surface area contributed by atoms with Gasteiger partial charge in [-0.15, -0.1) is 11.3 Å². The Morgan fingerprint density at radius 2 is 2.17 bits per heavy atom. The number of hydrogen-bond donors (Lipinski definition) is 1. The van der Waals surface area contributed by atoms with Crippen LogP contribution in [0.3, 0.4) is 0 Å². The normalized spacial score (nSPS) is 18.2. The second-order valence-electron chi connectivity index (χ2n) is 7.27. The van der Waals surface area contributed by atoms with E-state index in [0.29, 0.717) is 17.0 Å². The molecular weight excluding hydrogens is 322 g/mol. The van der Waals surface area contributed by atoms with Crippen molar-refractivity contribution >= 4 is 28.3 Å². The Hall–Kier alpha value is -2.15. The van der Waals surface area contributed by atoms with E-state index in [1.54, 1.807) is 17.5 Å². The summed E-state index contributed by atoms with van der Waals surface area (Å²) in [5.74, 6) is 0.628.